The van der Waals surface area contributed by atoms with Crippen LogP contribution in [0.1, 0.15) is 45.4 Å². The molecule has 2 rings (SSSR count). The predicted molar refractivity (Wildman–Crippen MR) is 97.9 cm³/mol. The summed E-state index contributed by atoms with van der Waals surface area (Å²) in [5.41, 5.74) is 2.12. The van der Waals surface area contributed by atoms with E-state index in [-0.39, 0.29) is 0 Å². The number of rotatable bonds is 9. The molecule has 0 radical (unpaired) electrons. The van der Waals surface area contributed by atoms with Gasteiger partial charge in [-0.2, -0.15) is 0 Å². The van der Waals surface area contributed by atoms with Crippen LogP contribution in [0, 0.1) is 0 Å². The molecule has 5 heteroatoms. The minimum atomic E-state index is 0.820. The Bertz CT molecular complexity index is 569. The zero-order chi connectivity index (χ0) is 16.3. The van der Waals surface area contributed by atoms with E-state index in [9.17, 15) is 0 Å². The van der Waals surface area contributed by atoms with Crippen LogP contribution in [0.4, 0.5) is 0 Å². The fourth-order valence-electron chi connectivity index (χ4n) is 2.49. The van der Waals surface area contributed by atoms with Crippen molar-refractivity contribution in [2.24, 2.45) is 4.99 Å². The lowest BCUT2D eigenvalue weighted by molar-refractivity contribution is 0.670. The van der Waals surface area contributed by atoms with Crippen molar-refractivity contribution in [3.63, 3.8) is 0 Å². The summed E-state index contributed by atoms with van der Waals surface area (Å²) in [4.78, 5) is 12.6. The van der Waals surface area contributed by atoms with Gasteiger partial charge in [0.15, 0.2) is 5.96 Å². The molecule has 0 aliphatic heterocycles. The lowest BCUT2D eigenvalue weighted by Gasteiger charge is -2.10. The molecule has 0 aliphatic rings. The number of hydrogen-bond acceptors (Lipinski definition) is 2. The third-order valence-corrected chi connectivity index (χ3v) is 3.72. The number of H-pyrrole nitrogens is 1. The lowest BCUT2D eigenvalue weighted by Crippen LogP contribution is -2.38. The minimum Gasteiger partial charge on any atom is -0.357 e. The van der Waals surface area contributed by atoms with Crippen molar-refractivity contribution in [1.82, 2.24) is 20.6 Å². The quantitative estimate of drug-likeness (QED) is 0.378. The highest BCUT2D eigenvalue weighted by molar-refractivity contribution is 5.79. The summed E-state index contributed by atoms with van der Waals surface area (Å²) in [5, 5.41) is 6.68. The first-order valence-electron chi connectivity index (χ1n) is 8.79. The van der Waals surface area contributed by atoms with E-state index >= 15 is 0 Å². The van der Waals surface area contributed by atoms with Crippen LogP contribution in [0.2, 0.25) is 0 Å². The van der Waals surface area contributed by atoms with Crippen molar-refractivity contribution >= 4 is 17.0 Å². The third kappa shape index (κ3) is 5.93. The van der Waals surface area contributed by atoms with E-state index in [1.54, 1.807) is 0 Å². The van der Waals surface area contributed by atoms with Gasteiger partial charge in [-0.3, -0.25) is 4.99 Å². The summed E-state index contributed by atoms with van der Waals surface area (Å²) in [7, 11) is 0. The monoisotopic (exact) mass is 315 g/mol. The van der Waals surface area contributed by atoms with E-state index in [1.807, 2.05) is 18.2 Å². The highest BCUT2D eigenvalue weighted by atomic mass is 15.2. The zero-order valence-corrected chi connectivity index (χ0v) is 14.4. The number of aliphatic imine (C=N–C) groups is 1. The number of guanidine groups is 1. The highest BCUT2D eigenvalue weighted by Crippen LogP contribution is 2.10. The average Bonchev–Trinajstić information content (AvgIpc) is 2.97. The molecular formula is C18H29N5. The molecule has 2 aromatic rings. The number of nitrogens with zero attached hydrogens (tertiary/aromatic N) is 2. The van der Waals surface area contributed by atoms with Gasteiger partial charge in [0, 0.05) is 26.1 Å². The molecule has 0 atom stereocenters. The Morgan fingerprint density at radius 2 is 2.00 bits per heavy atom. The number of imidazole rings is 1. The molecule has 126 valence electrons. The Kier molecular flexibility index (Phi) is 7.43. The molecule has 0 aliphatic carbocycles. The summed E-state index contributed by atoms with van der Waals surface area (Å²) >= 11 is 0. The van der Waals surface area contributed by atoms with E-state index in [4.69, 9.17) is 0 Å². The van der Waals surface area contributed by atoms with Crippen molar-refractivity contribution < 1.29 is 0 Å². The van der Waals surface area contributed by atoms with E-state index in [2.05, 4.69) is 45.5 Å². The van der Waals surface area contributed by atoms with Gasteiger partial charge in [0.25, 0.3) is 0 Å². The molecule has 1 aromatic heterocycles. The second-order valence-corrected chi connectivity index (χ2v) is 5.70. The minimum absolute atomic E-state index is 0.820. The van der Waals surface area contributed by atoms with Gasteiger partial charge in [-0.25, -0.2) is 4.98 Å². The summed E-state index contributed by atoms with van der Waals surface area (Å²) in [6.45, 7) is 6.91. The highest BCUT2D eigenvalue weighted by Gasteiger charge is 2.02. The maximum Gasteiger partial charge on any atom is 0.191 e. The Morgan fingerprint density at radius 3 is 2.78 bits per heavy atom. The molecular weight excluding hydrogens is 286 g/mol. The van der Waals surface area contributed by atoms with Crippen molar-refractivity contribution in [3.05, 3.63) is 30.1 Å². The van der Waals surface area contributed by atoms with E-state index in [0.29, 0.717) is 0 Å². The van der Waals surface area contributed by atoms with Gasteiger partial charge < -0.3 is 15.6 Å². The standard InChI is InChI=1S/C18H29N5/c1-3-5-6-9-13-20-18(19-4-2)21-14-12-17-22-15-10-7-8-11-16(15)23-17/h7-8,10-11H,3-6,9,12-14H2,1-2H3,(H,22,23)(H2,19,20,21). The van der Waals surface area contributed by atoms with E-state index < -0.39 is 0 Å². The first-order valence-corrected chi connectivity index (χ1v) is 8.79. The SMILES string of the molecule is CCCCCCN=C(NCC)NCCc1nc2ccccc2[nH]1. The van der Waals surface area contributed by atoms with Crippen molar-refractivity contribution in [2.75, 3.05) is 19.6 Å². The third-order valence-electron chi connectivity index (χ3n) is 3.72. The van der Waals surface area contributed by atoms with Gasteiger partial charge in [0.05, 0.1) is 11.0 Å². The van der Waals surface area contributed by atoms with Gasteiger partial charge in [-0.1, -0.05) is 38.3 Å². The van der Waals surface area contributed by atoms with Gasteiger partial charge in [-0.05, 0) is 25.5 Å². The number of para-hydroxylation sites is 2. The number of hydrogen-bond donors (Lipinski definition) is 3. The van der Waals surface area contributed by atoms with Crippen LogP contribution >= 0.6 is 0 Å². The fraction of sp³-hybridized carbons (Fsp3) is 0.556. The number of benzene rings is 1. The number of nitrogens with one attached hydrogen (secondary N) is 3. The molecule has 1 heterocycles. The Balaban J connectivity index is 1.77. The number of aromatic amines is 1. The number of aromatic nitrogens is 2. The molecule has 0 amide bonds. The molecule has 0 bridgehead atoms. The van der Waals surface area contributed by atoms with Gasteiger partial charge in [0.1, 0.15) is 5.82 Å². The van der Waals surface area contributed by atoms with E-state index in [0.717, 1.165) is 55.3 Å². The van der Waals surface area contributed by atoms with Crippen LogP contribution in [0.15, 0.2) is 29.3 Å². The second-order valence-electron chi connectivity index (χ2n) is 5.70. The number of fused-ring (bicyclic) bond motifs is 1. The van der Waals surface area contributed by atoms with Crippen LogP contribution < -0.4 is 10.6 Å². The molecule has 0 fully saturated rings. The molecule has 3 N–H and O–H groups in total. The van der Waals surface area contributed by atoms with Crippen LogP contribution in [0.5, 0.6) is 0 Å². The molecule has 0 spiro atoms. The van der Waals surface area contributed by atoms with Crippen molar-refractivity contribution in [2.45, 2.75) is 46.0 Å². The zero-order valence-electron chi connectivity index (χ0n) is 14.4. The van der Waals surface area contributed by atoms with Crippen molar-refractivity contribution in [3.8, 4) is 0 Å². The smallest absolute Gasteiger partial charge is 0.191 e. The molecule has 1 aromatic carbocycles. The molecule has 0 saturated heterocycles. The van der Waals surface area contributed by atoms with Crippen LogP contribution in [-0.4, -0.2) is 35.6 Å². The van der Waals surface area contributed by atoms with Gasteiger partial charge in [0.2, 0.25) is 0 Å². The lowest BCUT2D eigenvalue weighted by atomic mass is 10.2. The summed E-state index contributed by atoms with van der Waals surface area (Å²) in [5.74, 6) is 1.91. The van der Waals surface area contributed by atoms with Gasteiger partial charge >= 0.3 is 0 Å². The first kappa shape index (κ1) is 17.3. The summed E-state index contributed by atoms with van der Waals surface area (Å²) in [6.07, 6.45) is 5.84. The van der Waals surface area contributed by atoms with Gasteiger partial charge in [-0.15, -0.1) is 0 Å². The summed E-state index contributed by atoms with van der Waals surface area (Å²) in [6, 6.07) is 8.13. The first-order chi connectivity index (χ1) is 11.3. The Hall–Kier alpha value is -2.04. The maximum absolute atomic E-state index is 4.62. The molecule has 5 nitrogen and oxygen atoms in total. The normalized spacial score (nSPS) is 11.8. The Morgan fingerprint density at radius 1 is 1.13 bits per heavy atom. The molecule has 0 saturated carbocycles. The maximum atomic E-state index is 4.62. The fourth-order valence-corrected chi connectivity index (χ4v) is 2.49. The van der Waals surface area contributed by atoms with E-state index in [1.165, 1.54) is 19.3 Å². The van der Waals surface area contributed by atoms with Crippen LogP contribution in [0.25, 0.3) is 11.0 Å². The average molecular weight is 315 g/mol. The molecule has 0 unspecified atom stereocenters. The Labute approximate surface area is 139 Å². The molecule has 23 heavy (non-hydrogen) atoms. The van der Waals surface area contributed by atoms with Crippen LogP contribution in [0.3, 0.4) is 0 Å². The van der Waals surface area contributed by atoms with Crippen LogP contribution in [-0.2, 0) is 6.42 Å². The largest absolute Gasteiger partial charge is 0.357 e. The summed E-state index contributed by atoms with van der Waals surface area (Å²) < 4.78 is 0. The number of unbranched alkanes of at least 4 members (excludes halogenated alkanes) is 3. The predicted octanol–water partition coefficient (Wildman–Crippen LogP) is 3.24. The topological polar surface area (TPSA) is 65.1 Å². The van der Waals surface area contributed by atoms with Crippen molar-refractivity contribution in [1.29, 1.82) is 0 Å². The second kappa shape index (κ2) is 9.87.